The minimum atomic E-state index is -0.529. The fraction of sp³-hybridized carbons (Fsp3) is 0.143. The summed E-state index contributed by atoms with van der Waals surface area (Å²) < 4.78 is 0. The third kappa shape index (κ3) is 2.24. The van der Waals surface area contributed by atoms with Crippen molar-refractivity contribution in [1.29, 1.82) is 0 Å². The molecule has 1 heterocycles. The van der Waals surface area contributed by atoms with E-state index in [4.69, 9.17) is 5.73 Å². The molecule has 1 unspecified atom stereocenters. The third-order valence-electron chi connectivity index (χ3n) is 2.71. The molecule has 1 aromatic heterocycles. The number of Topliss-reactive ketones (excluding diaryl/α,β-unsaturated/α-hetero) is 1. The van der Waals surface area contributed by atoms with E-state index in [-0.39, 0.29) is 5.78 Å². The molecule has 1 aromatic carbocycles. The van der Waals surface area contributed by atoms with Crippen LogP contribution in [0.25, 0.3) is 10.8 Å². The molecule has 0 fully saturated rings. The zero-order valence-corrected chi connectivity index (χ0v) is 9.47. The lowest BCUT2D eigenvalue weighted by atomic mass is 9.98. The average molecular weight is 226 g/mol. The molecule has 0 saturated carbocycles. The maximum Gasteiger partial charge on any atom is 0.180 e. The molecule has 0 amide bonds. The van der Waals surface area contributed by atoms with Crippen LogP contribution in [-0.4, -0.2) is 16.8 Å². The predicted molar refractivity (Wildman–Crippen MR) is 68.9 cm³/mol. The highest BCUT2D eigenvalue weighted by atomic mass is 16.1. The van der Waals surface area contributed by atoms with E-state index in [1.807, 2.05) is 18.2 Å². The first-order valence-electron chi connectivity index (χ1n) is 5.47. The normalized spacial score (nSPS) is 12.3. The molecule has 0 aliphatic carbocycles. The summed E-state index contributed by atoms with van der Waals surface area (Å²) in [6, 6.07) is 6.95. The van der Waals surface area contributed by atoms with Gasteiger partial charge in [-0.25, -0.2) is 0 Å². The van der Waals surface area contributed by atoms with Crippen molar-refractivity contribution in [3.05, 3.63) is 54.9 Å². The molecule has 2 aromatic rings. The van der Waals surface area contributed by atoms with E-state index in [1.54, 1.807) is 24.5 Å². The van der Waals surface area contributed by atoms with Gasteiger partial charge in [-0.05, 0) is 17.9 Å². The quantitative estimate of drug-likeness (QED) is 0.643. The summed E-state index contributed by atoms with van der Waals surface area (Å²) in [6.45, 7) is 3.59. The van der Waals surface area contributed by atoms with Crippen LogP contribution in [0.1, 0.15) is 16.8 Å². The standard InChI is InChI=1S/C14H14N2O/c1-2-4-13(15)14(17)11-6-3-5-10-7-8-16-9-12(10)11/h2-3,5-9,13H,1,4,15H2. The highest BCUT2D eigenvalue weighted by Gasteiger charge is 2.16. The summed E-state index contributed by atoms with van der Waals surface area (Å²) in [5, 5.41) is 1.84. The highest BCUT2D eigenvalue weighted by molar-refractivity contribution is 6.10. The summed E-state index contributed by atoms with van der Waals surface area (Å²) in [6.07, 6.45) is 5.55. The van der Waals surface area contributed by atoms with Crippen molar-refractivity contribution in [3.8, 4) is 0 Å². The minimum Gasteiger partial charge on any atom is -0.321 e. The molecule has 0 bridgehead atoms. The van der Waals surface area contributed by atoms with E-state index in [9.17, 15) is 4.79 Å². The second-order valence-corrected chi connectivity index (χ2v) is 3.90. The van der Waals surface area contributed by atoms with Gasteiger partial charge in [-0.3, -0.25) is 9.78 Å². The lowest BCUT2D eigenvalue weighted by molar-refractivity contribution is 0.0963. The van der Waals surface area contributed by atoms with E-state index in [2.05, 4.69) is 11.6 Å². The lowest BCUT2D eigenvalue weighted by Gasteiger charge is -2.10. The zero-order valence-electron chi connectivity index (χ0n) is 9.47. The molecule has 1 atom stereocenters. The maximum atomic E-state index is 12.1. The van der Waals surface area contributed by atoms with Crippen LogP contribution >= 0.6 is 0 Å². The van der Waals surface area contributed by atoms with Crippen molar-refractivity contribution >= 4 is 16.6 Å². The maximum absolute atomic E-state index is 12.1. The first kappa shape index (κ1) is 11.5. The number of hydrogen-bond acceptors (Lipinski definition) is 3. The fourth-order valence-electron chi connectivity index (χ4n) is 1.81. The van der Waals surface area contributed by atoms with Gasteiger partial charge in [-0.1, -0.05) is 24.3 Å². The molecule has 2 N–H and O–H groups in total. The van der Waals surface area contributed by atoms with Crippen LogP contribution in [0.5, 0.6) is 0 Å². The highest BCUT2D eigenvalue weighted by Crippen LogP contribution is 2.19. The third-order valence-corrected chi connectivity index (χ3v) is 2.71. The summed E-state index contributed by atoms with van der Waals surface area (Å²) >= 11 is 0. The molecule has 0 saturated heterocycles. The number of ketones is 1. The van der Waals surface area contributed by atoms with Crippen LogP contribution in [0.4, 0.5) is 0 Å². The summed E-state index contributed by atoms with van der Waals surface area (Å²) in [5.74, 6) is -0.0662. The Labute approximate surface area is 100.0 Å². The van der Waals surface area contributed by atoms with E-state index < -0.39 is 6.04 Å². The summed E-state index contributed by atoms with van der Waals surface area (Å²) in [5.41, 5.74) is 6.44. The number of rotatable bonds is 4. The van der Waals surface area contributed by atoms with Crippen molar-refractivity contribution in [2.24, 2.45) is 5.73 Å². The molecule has 0 spiro atoms. The van der Waals surface area contributed by atoms with Crippen LogP contribution in [0, 0.1) is 0 Å². The van der Waals surface area contributed by atoms with E-state index in [0.717, 1.165) is 10.8 Å². The first-order valence-corrected chi connectivity index (χ1v) is 5.47. The van der Waals surface area contributed by atoms with Crippen molar-refractivity contribution in [2.75, 3.05) is 0 Å². The zero-order chi connectivity index (χ0) is 12.3. The number of carbonyl (C=O) groups is 1. The Morgan fingerprint density at radius 1 is 1.47 bits per heavy atom. The van der Waals surface area contributed by atoms with Gasteiger partial charge in [0.05, 0.1) is 6.04 Å². The van der Waals surface area contributed by atoms with E-state index >= 15 is 0 Å². The molecule has 0 aliphatic heterocycles. The molecular weight excluding hydrogens is 212 g/mol. The van der Waals surface area contributed by atoms with Gasteiger partial charge in [-0.15, -0.1) is 6.58 Å². The minimum absolute atomic E-state index is 0.0662. The first-order chi connectivity index (χ1) is 8.24. The van der Waals surface area contributed by atoms with Crippen LogP contribution in [-0.2, 0) is 0 Å². The molecular formula is C14H14N2O. The number of nitrogens with zero attached hydrogens (tertiary/aromatic N) is 1. The van der Waals surface area contributed by atoms with Gasteiger partial charge in [0.1, 0.15) is 0 Å². The Balaban J connectivity index is 2.48. The summed E-state index contributed by atoms with van der Waals surface area (Å²) in [7, 11) is 0. The lowest BCUT2D eigenvalue weighted by Crippen LogP contribution is -2.29. The average Bonchev–Trinajstić information content (AvgIpc) is 2.37. The van der Waals surface area contributed by atoms with Gasteiger partial charge in [0.15, 0.2) is 5.78 Å². The fourth-order valence-corrected chi connectivity index (χ4v) is 1.81. The summed E-state index contributed by atoms with van der Waals surface area (Å²) in [4.78, 5) is 16.2. The van der Waals surface area contributed by atoms with Gasteiger partial charge in [-0.2, -0.15) is 0 Å². The molecule has 0 radical (unpaired) electrons. The second-order valence-electron chi connectivity index (χ2n) is 3.90. The topological polar surface area (TPSA) is 56.0 Å². The number of benzene rings is 1. The van der Waals surface area contributed by atoms with E-state index in [1.165, 1.54) is 0 Å². The largest absolute Gasteiger partial charge is 0.321 e. The predicted octanol–water partition coefficient (Wildman–Crippen LogP) is 2.32. The van der Waals surface area contributed by atoms with Gasteiger partial charge < -0.3 is 5.73 Å². The van der Waals surface area contributed by atoms with Crippen molar-refractivity contribution in [1.82, 2.24) is 4.98 Å². The molecule has 86 valence electrons. The van der Waals surface area contributed by atoms with Gasteiger partial charge in [0.2, 0.25) is 0 Å². The molecule has 0 aliphatic rings. The molecule has 2 rings (SSSR count). The van der Waals surface area contributed by atoms with Gasteiger partial charge in [0.25, 0.3) is 0 Å². The monoisotopic (exact) mass is 226 g/mol. The Morgan fingerprint density at radius 3 is 3.06 bits per heavy atom. The van der Waals surface area contributed by atoms with Crippen LogP contribution in [0.2, 0.25) is 0 Å². The van der Waals surface area contributed by atoms with Crippen molar-refractivity contribution in [3.63, 3.8) is 0 Å². The Bertz CT molecular complexity index is 558. The smallest absolute Gasteiger partial charge is 0.180 e. The van der Waals surface area contributed by atoms with Gasteiger partial charge in [0, 0.05) is 23.3 Å². The number of hydrogen-bond donors (Lipinski definition) is 1. The number of carbonyl (C=O) groups excluding carboxylic acids is 1. The SMILES string of the molecule is C=CCC(N)C(=O)c1cccc2ccncc12. The van der Waals surface area contributed by atoms with Crippen molar-refractivity contribution in [2.45, 2.75) is 12.5 Å². The Kier molecular flexibility index (Phi) is 3.30. The molecule has 3 heteroatoms. The van der Waals surface area contributed by atoms with Crippen molar-refractivity contribution < 1.29 is 4.79 Å². The molecule has 3 nitrogen and oxygen atoms in total. The Morgan fingerprint density at radius 2 is 2.29 bits per heavy atom. The van der Waals surface area contributed by atoms with Crippen LogP contribution in [0.15, 0.2) is 49.3 Å². The van der Waals surface area contributed by atoms with Crippen LogP contribution < -0.4 is 5.73 Å². The van der Waals surface area contributed by atoms with Crippen LogP contribution in [0.3, 0.4) is 0 Å². The number of aromatic nitrogens is 1. The number of nitrogens with two attached hydrogens (primary N) is 1. The second kappa shape index (κ2) is 4.89. The number of pyridine rings is 1. The van der Waals surface area contributed by atoms with Gasteiger partial charge >= 0.3 is 0 Å². The van der Waals surface area contributed by atoms with E-state index in [0.29, 0.717) is 12.0 Å². The Hall–Kier alpha value is -2.00. The molecule has 17 heavy (non-hydrogen) atoms. The number of fused-ring (bicyclic) bond motifs is 1.